The van der Waals surface area contributed by atoms with Gasteiger partial charge in [0, 0.05) is 11.1 Å². The summed E-state index contributed by atoms with van der Waals surface area (Å²) in [5, 5.41) is 0. The molecule has 4 unspecified atom stereocenters. The van der Waals surface area contributed by atoms with E-state index in [0.29, 0.717) is 24.3 Å². The second-order valence-corrected chi connectivity index (χ2v) is 9.82. The lowest BCUT2D eigenvalue weighted by Crippen LogP contribution is -2.14. The number of benzene rings is 2. The Balaban J connectivity index is 1.47. The third kappa shape index (κ3) is 4.79. The average Bonchev–Trinajstić information content (AvgIpc) is 3.40. The van der Waals surface area contributed by atoms with Crippen LogP contribution in [-0.4, -0.2) is 6.61 Å². The highest BCUT2D eigenvalue weighted by atomic mass is 19.2. The highest BCUT2D eigenvalue weighted by Crippen LogP contribution is 2.53. The van der Waals surface area contributed by atoms with Crippen molar-refractivity contribution in [3.8, 4) is 16.9 Å². The van der Waals surface area contributed by atoms with E-state index < -0.39 is 23.3 Å². The van der Waals surface area contributed by atoms with Crippen LogP contribution in [0.4, 0.5) is 17.6 Å². The van der Waals surface area contributed by atoms with Gasteiger partial charge in [-0.05, 0) is 86.3 Å². The third-order valence-corrected chi connectivity index (χ3v) is 7.91. The molecule has 2 aliphatic rings. The summed E-state index contributed by atoms with van der Waals surface area (Å²) < 4.78 is 64.0. The van der Waals surface area contributed by atoms with Crippen LogP contribution in [0.3, 0.4) is 0 Å². The first kappa shape index (κ1) is 24.1. The lowest BCUT2D eigenvalue weighted by molar-refractivity contribution is 0.294. The van der Waals surface area contributed by atoms with E-state index in [4.69, 9.17) is 4.74 Å². The van der Waals surface area contributed by atoms with E-state index in [1.807, 2.05) is 6.92 Å². The predicted octanol–water partition coefficient (Wildman–Crippen LogP) is 8.48. The smallest absolute Gasteiger partial charge is 0.201 e. The summed E-state index contributed by atoms with van der Waals surface area (Å²) in [5.74, 6) is -1.77. The minimum Gasteiger partial charge on any atom is -0.490 e. The van der Waals surface area contributed by atoms with Gasteiger partial charge in [-0.2, -0.15) is 4.39 Å². The van der Waals surface area contributed by atoms with E-state index in [1.165, 1.54) is 62.8 Å². The first-order chi connectivity index (χ1) is 16.0. The molecule has 33 heavy (non-hydrogen) atoms. The van der Waals surface area contributed by atoms with Crippen molar-refractivity contribution in [3.05, 3.63) is 53.1 Å². The van der Waals surface area contributed by atoms with Crippen LogP contribution in [0.2, 0.25) is 0 Å². The molecule has 2 saturated carbocycles. The maximum absolute atomic E-state index is 14.9. The van der Waals surface area contributed by atoms with E-state index in [2.05, 4.69) is 6.92 Å². The molecule has 1 nitrogen and oxygen atoms in total. The Morgan fingerprint density at radius 1 is 0.697 bits per heavy atom. The normalized spacial score (nSPS) is 24.3. The minimum absolute atomic E-state index is 0.224. The number of hydrogen-bond donors (Lipinski definition) is 0. The van der Waals surface area contributed by atoms with Crippen molar-refractivity contribution in [2.24, 2.45) is 23.7 Å². The lowest BCUT2D eigenvalue weighted by atomic mass is 9.85. The highest BCUT2D eigenvalue weighted by molar-refractivity contribution is 5.66. The van der Waals surface area contributed by atoms with Gasteiger partial charge in [-0.25, -0.2) is 13.2 Å². The van der Waals surface area contributed by atoms with E-state index in [0.717, 1.165) is 24.2 Å². The molecule has 0 bridgehead atoms. The largest absolute Gasteiger partial charge is 0.490 e. The summed E-state index contributed by atoms with van der Waals surface area (Å²) in [6, 6.07) is 5.39. The molecule has 0 N–H and O–H groups in total. The van der Waals surface area contributed by atoms with Gasteiger partial charge in [0.05, 0.1) is 6.61 Å². The van der Waals surface area contributed by atoms with Crippen molar-refractivity contribution in [1.82, 2.24) is 0 Å². The summed E-state index contributed by atoms with van der Waals surface area (Å²) in [7, 11) is 0. The topological polar surface area (TPSA) is 9.23 Å². The quantitative estimate of drug-likeness (QED) is 0.340. The monoisotopic (exact) mass is 462 g/mol. The molecule has 2 aromatic rings. The van der Waals surface area contributed by atoms with Crippen molar-refractivity contribution in [2.45, 2.75) is 71.6 Å². The molecule has 0 aromatic heterocycles. The van der Waals surface area contributed by atoms with E-state index in [-0.39, 0.29) is 23.5 Å². The molecule has 0 saturated heterocycles. The average molecular weight is 463 g/mol. The molecule has 0 spiro atoms. The molecule has 0 aliphatic heterocycles. The van der Waals surface area contributed by atoms with Gasteiger partial charge in [0.25, 0.3) is 0 Å². The summed E-state index contributed by atoms with van der Waals surface area (Å²) in [6.07, 6.45) is 9.50. The summed E-state index contributed by atoms with van der Waals surface area (Å²) >= 11 is 0. The molecule has 0 radical (unpaired) electrons. The van der Waals surface area contributed by atoms with Gasteiger partial charge in [-0.1, -0.05) is 38.8 Å². The Bertz CT molecular complexity index is 973. The fourth-order valence-electron chi connectivity index (χ4n) is 6.32. The maximum Gasteiger partial charge on any atom is 0.201 e. The Labute approximate surface area is 194 Å². The van der Waals surface area contributed by atoms with Crippen LogP contribution in [0.5, 0.6) is 5.75 Å². The summed E-state index contributed by atoms with van der Waals surface area (Å²) in [4.78, 5) is 0. The van der Waals surface area contributed by atoms with Gasteiger partial charge in [0.1, 0.15) is 0 Å². The van der Waals surface area contributed by atoms with Gasteiger partial charge in [0.2, 0.25) is 5.82 Å². The van der Waals surface area contributed by atoms with Crippen molar-refractivity contribution in [2.75, 3.05) is 6.61 Å². The number of halogens is 4. The van der Waals surface area contributed by atoms with Crippen molar-refractivity contribution in [1.29, 1.82) is 0 Å². The zero-order valence-corrected chi connectivity index (χ0v) is 19.6. The standard InChI is InChI=1S/C28H34F4O/c1-3-5-17-8-11-21-18(9-12-20(17)21)6-7-19-10-13-22(26(30)25(19)29)23-14-15-24(33-16-4-2)28(32)27(23)31/h10,13-15,17-18,20-21H,3-9,11-12,16H2,1-2H3. The van der Waals surface area contributed by atoms with Gasteiger partial charge >= 0.3 is 0 Å². The molecule has 2 aromatic carbocycles. The van der Waals surface area contributed by atoms with Crippen LogP contribution in [-0.2, 0) is 6.42 Å². The van der Waals surface area contributed by atoms with E-state index in [1.54, 1.807) is 0 Å². The molecule has 4 rings (SSSR count). The first-order valence-electron chi connectivity index (χ1n) is 12.5. The predicted molar refractivity (Wildman–Crippen MR) is 123 cm³/mol. The molecule has 0 heterocycles. The van der Waals surface area contributed by atoms with E-state index >= 15 is 0 Å². The number of aryl methyl sites for hydroxylation is 1. The minimum atomic E-state index is -1.23. The Morgan fingerprint density at radius 3 is 1.94 bits per heavy atom. The van der Waals surface area contributed by atoms with Crippen molar-refractivity contribution >= 4 is 0 Å². The van der Waals surface area contributed by atoms with Gasteiger partial charge in [-0.15, -0.1) is 0 Å². The molecule has 2 aliphatic carbocycles. The fraction of sp³-hybridized carbons (Fsp3) is 0.571. The number of fused-ring (bicyclic) bond motifs is 1. The van der Waals surface area contributed by atoms with E-state index in [9.17, 15) is 17.6 Å². The van der Waals surface area contributed by atoms with Crippen LogP contribution in [0.15, 0.2) is 24.3 Å². The second kappa shape index (κ2) is 10.5. The summed E-state index contributed by atoms with van der Waals surface area (Å²) in [6.45, 7) is 4.34. The van der Waals surface area contributed by atoms with Gasteiger partial charge in [0.15, 0.2) is 23.2 Å². The molecule has 0 amide bonds. The summed E-state index contributed by atoms with van der Waals surface area (Å²) in [5.41, 5.74) is -0.258. The maximum atomic E-state index is 14.9. The molecular formula is C28H34F4O. The van der Waals surface area contributed by atoms with Crippen LogP contribution in [0.1, 0.15) is 70.8 Å². The highest BCUT2D eigenvalue weighted by Gasteiger charge is 2.43. The SMILES string of the molecule is CCCOc1ccc(-c2ccc(CCC3CCC4C(CCC)CCC34)c(F)c2F)c(F)c1F. The van der Waals surface area contributed by atoms with Crippen LogP contribution in [0.25, 0.3) is 11.1 Å². The lowest BCUT2D eigenvalue weighted by Gasteiger charge is -2.21. The molecular weight excluding hydrogens is 428 g/mol. The first-order valence-corrected chi connectivity index (χ1v) is 12.5. The zero-order chi connectivity index (χ0) is 23.5. The number of ether oxygens (including phenoxy) is 1. The third-order valence-electron chi connectivity index (χ3n) is 7.91. The Hall–Kier alpha value is -2.04. The van der Waals surface area contributed by atoms with Crippen LogP contribution >= 0.6 is 0 Å². The van der Waals surface area contributed by atoms with Crippen molar-refractivity contribution < 1.29 is 22.3 Å². The Kier molecular flexibility index (Phi) is 7.65. The van der Waals surface area contributed by atoms with Gasteiger partial charge in [-0.3, -0.25) is 0 Å². The second-order valence-electron chi connectivity index (χ2n) is 9.82. The molecule has 4 atom stereocenters. The van der Waals surface area contributed by atoms with Crippen LogP contribution < -0.4 is 4.74 Å². The van der Waals surface area contributed by atoms with Crippen molar-refractivity contribution in [3.63, 3.8) is 0 Å². The number of rotatable bonds is 9. The van der Waals surface area contributed by atoms with Crippen LogP contribution in [0, 0.1) is 46.9 Å². The molecule has 5 heteroatoms. The molecule has 2 fully saturated rings. The number of hydrogen-bond acceptors (Lipinski definition) is 1. The Morgan fingerprint density at radius 2 is 1.30 bits per heavy atom. The van der Waals surface area contributed by atoms with Gasteiger partial charge < -0.3 is 4.74 Å². The fourth-order valence-corrected chi connectivity index (χ4v) is 6.32. The zero-order valence-electron chi connectivity index (χ0n) is 19.6. The molecule has 180 valence electrons.